The van der Waals surface area contributed by atoms with Crippen LogP contribution in [0.15, 0.2) is 44.5 Å². The highest BCUT2D eigenvalue weighted by Gasteiger charge is 2.54. The van der Waals surface area contributed by atoms with Gasteiger partial charge in [-0.05, 0) is 31.1 Å². The molecule has 6 rings (SSSR count). The highest BCUT2D eigenvalue weighted by Crippen LogP contribution is 2.55. The summed E-state index contributed by atoms with van der Waals surface area (Å²) in [7, 11) is -3.63. The molecule has 1 atom stereocenters. The van der Waals surface area contributed by atoms with E-state index in [1.807, 2.05) is 4.57 Å². The number of hydrogen-bond acceptors (Lipinski definition) is 7. The predicted molar refractivity (Wildman–Crippen MR) is 116 cm³/mol. The summed E-state index contributed by atoms with van der Waals surface area (Å²) in [5, 5.41) is 12.3. The molecule has 32 heavy (non-hydrogen) atoms. The Morgan fingerprint density at radius 3 is 2.72 bits per heavy atom. The number of Topliss-reactive ketones (excluding diaryl/α,β-unsaturated/α-hetero) is 1. The van der Waals surface area contributed by atoms with Gasteiger partial charge >= 0.3 is 0 Å². The van der Waals surface area contributed by atoms with Crippen LogP contribution in [0.5, 0.6) is 0 Å². The second kappa shape index (κ2) is 6.60. The molecule has 5 heterocycles. The molecule has 4 aliphatic heterocycles. The first-order chi connectivity index (χ1) is 15.2. The molecule has 170 valence electrons. The molecule has 1 fully saturated rings. The summed E-state index contributed by atoms with van der Waals surface area (Å²) in [6, 6.07) is 0. The summed E-state index contributed by atoms with van der Waals surface area (Å²) >= 11 is 0. The fourth-order valence-corrected chi connectivity index (χ4v) is 7.90. The molecule has 1 aromatic rings. The van der Waals surface area contributed by atoms with Crippen LogP contribution >= 0.6 is 0 Å². The van der Waals surface area contributed by atoms with Gasteiger partial charge in [-0.2, -0.15) is 14.5 Å². The lowest BCUT2D eigenvalue weighted by molar-refractivity contribution is -0.119. The number of hydrogen-bond donors (Lipinski definition) is 1. The van der Waals surface area contributed by atoms with Gasteiger partial charge in [0.1, 0.15) is 5.82 Å². The lowest BCUT2D eigenvalue weighted by Gasteiger charge is -2.50. The summed E-state index contributed by atoms with van der Waals surface area (Å²) < 4.78 is 30.3. The van der Waals surface area contributed by atoms with Gasteiger partial charge in [0.25, 0.3) is 10.0 Å². The molecular formula is C22H28N6O3S. The van der Waals surface area contributed by atoms with E-state index in [1.54, 1.807) is 10.5 Å². The van der Waals surface area contributed by atoms with Gasteiger partial charge < -0.3 is 9.88 Å². The average molecular weight is 457 g/mol. The van der Waals surface area contributed by atoms with E-state index < -0.39 is 15.4 Å². The van der Waals surface area contributed by atoms with Gasteiger partial charge in [-0.25, -0.2) is 13.4 Å². The van der Waals surface area contributed by atoms with E-state index in [9.17, 15) is 13.2 Å². The van der Waals surface area contributed by atoms with Crippen molar-refractivity contribution >= 4 is 15.8 Å². The zero-order chi connectivity index (χ0) is 22.3. The second-order valence-electron chi connectivity index (χ2n) is 10.4. The maximum absolute atomic E-state index is 13.5. The fraction of sp³-hybridized carbons (Fsp3) is 0.636. The molecule has 5 aliphatic rings. The molecule has 0 amide bonds. The Labute approximate surface area is 187 Å². The van der Waals surface area contributed by atoms with E-state index in [1.165, 1.54) is 6.20 Å². The molecule has 1 aromatic heterocycles. The molecule has 1 saturated heterocycles. The maximum atomic E-state index is 13.5. The van der Waals surface area contributed by atoms with Crippen LogP contribution in [-0.2, 0) is 27.8 Å². The number of allylic oxidation sites excluding steroid dienone is 2. The Morgan fingerprint density at radius 1 is 1.16 bits per heavy atom. The Morgan fingerprint density at radius 2 is 1.94 bits per heavy atom. The third-order valence-electron chi connectivity index (χ3n) is 7.75. The summed E-state index contributed by atoms with van der Waals surface area (Å²) in [5.41, 5.74) is 2.22. The summed E-state index contributed by atoms with van der Waals surface area (Å²) in [5.74, 6) is 1.02. The second-order valence-corrected chi connectivity index (χ2v) is 12.3. The van der Waals surface area contributed by atoms with Gasteiger partial charge in [0.05, 0.1) is 12.4 Å². The van der Waals surface area contributed by atoms with Crippen molar-refractivity contribution < 1.29 is 13.2 Å². The summed E-state index contributed by atoms with van der Waals surface area (Å²) in [4.78, 5) is 17.7. The van der Waals surface area contributed by atoms with Crippen LogP contribution in [-0.4, -0.2) is 47.3 Å². The van der Waals surface area contributed by atoms with Gasteiger partial charge in [-0.1, -0.05) is 13.8 Å². The van der Waals surface area contributed by atoms with E-state index >= 15 is 0 Å². The minimum atomic E-state index is -3.63. The molecule has 0 radical (unpaired) electrons. The molecule has 1 spiro atoms. The minimum absolute atomic E-state index is 0.104. The molecule has 1 aliphatic carbocycles. The number of nitrogens with zero attached hydrogens (tertiary/aromatic N) is 5. The zero-order valence-corrected chi connectivity index (χ0v) is 19.3. The molecule has 1 unspecified atom stereocenters. The summed E-state index contributed by atoms with van der Waals surface area (Å²) in [6.45, 7) is 5.65. The van der Waals surface area contributed by atoms with Crippen molar-refractivity contribution in [2.45, 2.75) is 70.1 Å². The number of azo groups is 1. The van der Waals surface area contributed by atoms with Crippen molar-refractivity contribution in [3.05, 3.63) is 35.1 Å². The third kappa shape index (κ3) is 2.75. The fourth-order valence-electron chi connectivity index (χ4n) is 6.31. The first-order valence-corrected chi connectivity index (χ1v) is 12.8. The molecule has 10 heteroatoms. The van der Waals surface area contributed by atoms with Crippen LogP contribution in [0.4, 0.5) is 0 Å². The SMILES string of the molecule is CC1(C)CC(=O)C2=C(C1)NC1N=NC=C1C21CCN(S(=O)(=O)c2cnc3n2CCC3)CC1. The quantitative estimate of drug-likeness (QED) is 0.736. The van der Waals surface area contributed by atoms with Crippen LogP contribution in [0.25, 0.3) is 0 Å². The number of carbonyl (C=O) groups excluding carboxylic acids is 1. The van der Waals surface area contributed by atoms with Gasteiger partial charge in [-0.3, -0.25) is 4.79 Å². The van der Waals surface area contributed by atoms with Crippen molar-refractivity contribution in [2.75, 3.05) is 13.1 Å². The topological polar surface area (TPSA) is 109 Å². The number of imidazole rings is 1. The van der Waals surface area contributed by atoms with E-state index in [0.717, 1.165) is 41.9 Å². The first kappa shape index (κ1) is 20.3. The number of piperidine rings is 1. The Balaban J connectivity index is 1.35. The zero-order valence-electron chi connectivity index (χ0n) is 18.5. The average Bonchev–Trinajstić information content (AvgIpc) is 3.44. The van der Waals surface area contributed by atoms with Crippen LogP contribution in [0.2, 0.25) is 0 Å². The number of aryl methyl sites for hydroxylation is 1. The number of sulfonamides is 1. The minimum Gasteiger partial charge on any atom is -0.362 e. The number of nitrogens with one attached hydrogen (secondary N) is 1. The van der Waals surface area contributed by atoms with E-state index in [-0.39, 0.29) is 17.4 Å². The van der Waals surface area contributed by atoms with E-state index in [4.69, 9.17) is 0 Å². The molecule has 0 aromatic carbocycles. The van der Waals surface area contributed by atoms with Crippen LogP contribution < -0.4 is 5.32 Å². The lowest BCUT2D eigenvalue weighted by Crippen LogP contribution is -2.54. The lowest BCUT2D eigenvalue weighted by atomic mass is 9.59. The summed E-state index contributed by atoms with van der Waals surface area (Å²) in [6.07, 6.45) is 7.20. The Kier molecular flexibility index (Phi) is 4.18. The Bertz CT molecular complexity index is 1210. The molecule has 9 nitrogen and oxygen atoms in total. The van der Waals surface area contributed by atoms with Crippen LogP contribution in [0, 0.1) is 10.8 Å². The van der Waals surface area contributed by atoms with Crippen LogP contribution in [0.1, 0.15) is 51.8 Å². The number of aromatic nitrogens is 2. The van der Waals surface area contributed by atoms with Crippen molar-refractivity contribution in [3.8, 4) is 0 Å². The number of rotatable bonds is 2. The molecule has 1 N–H and O–H groups in total. The smallest absolute Gasteiger partial charge is 0.260 e. The molecular weight excluding hydrogens is 428 g/mol. The van der Waals surface area contributed by atoms with Crippen molar-refractivity contribution in [2.24, 2.45) is 21.1 Å². The van der Waals surface area contributed by atoms with Crippen molar-refractivity contribution in [3.63, 3.8) is 0 Å². The van der Waals surface area contributed by atoms with E-state index in [2.05, 4.69) is 34.4 Å². The van der Waals surface area contributed by atoms with Crippen LogP contribution in [0.3, 0.4) is 0 Å². The first-order valence-electron chi connectivity index (χ1n) is 11.4. The highest BCUT2D eigenvalue weighted by molar-refractivity contribution is 7.89. The van der Waals surface area contributed by atoms with Gasteiger partial charge in [-0.15, -0.1) is 0 Å². The maximum Gasteiger partial charge on any atom is 0.260 e. The monoisotopic (exact) mass is 456 g/mol. The van der Waals surface area contributed by atoms with Gasteiger partial charge in [0.15, 0.2) is 17.0 Å². The largest absolute Gasteiger partial charge is 0.362 e. The Hall–Kier alpha value is -2.33. The normalized spacial score (nSPS) is 28.4. The molecule has 0 saturated carbocycles. The van der Waals surface area contributed by atoms with Crippen molar-refractivity contribution in [1.82, 2.24) is 19.2 Å². The van der Waals surface area contributed by atoms with Gasteiger partial charge in [0, 0.05) is 54.7 Å². The third-order valence-corrected chi connectivity index (χ3v) is 9.65. The van der Waals surface area contributed by atoms with Crippen molar-refractivity contribution in [1.29, 1.82) is 0 Å². The number of ketones is 1. The highest BCUT2D eigenvalue weighted by atomic mass is 32.2. The van der Waals surface area contributed by atoms with Gasteiger partial charge in [0.2, 0.25) is 0 Å². The predicted octanol–water partition coefficient (Wildman–Crippen LogP) is 2.52. The number of carbonyl (C=O) groups is 1. The van der Waals surface area contributed by atoms with E-state index in [0.29, 0.717) is 43.9 Å². The molecule has 0 bridgehead atoms. The standard InChI is InChI=1S/C22H28N6O3S/c1-21(2)10-15-19(16(29)11-21)22(14-12-24-26-20(14)25-15)5-8-27(9-6-22)32(30,31)18-13-23-17-4-3-7-28(17)18/h12-13,20,25H,3-11H2,1-2H3. The number of fused-ring (bicyclic) bond motifs is 4.